The average Bonchev–Trinajstić information content (AvgIpc) is 3.74. The predicted octanol–water partition coefficient (Wildman–Crippen LogP) is 4.87. The fourth-order valence-electron chi connectivity index (χ4n) is 6.24. The topological polar surface area (TPSA) is 96.3 Å². The largest absolute Gasteiger partial charge is 0.481 e. The van der Waals surface area contributed by atoms with Crippen LogP contribution in [0, 0.1) is 11.6 Å². The van der Waals surface area contributed by atoms with Crippen molar-refractivity contribution in [3.05, 3.63) is 102 Å². The number of aromatic amines is 1. The highest BCUT2D eigenvalue weighted by atomic mass is 19.1. The Morgan fingerprint density at radius 3 is 2.55 bits per heavy atom. The number of amides is 2. The van der Waals surface area contributed by atoms with Crippen molar-refractivity contribution in [3.8, 4) is 11.6 Å². The third-order valence-corrected chi connectivity index (χ3v) is 8.40. The molecule has 7 rings (SSSR count). The summed E-state index contributed by atoms with van der Waals surface area (Å²) in [5, 5.41) is 4.39. The van der Waals surface area contributed by atoms with Crippen LogP contribution in [-0.2, 0) is 5.41 Å². The van der Waals surface area contributed by atoms with Gasteiger partial charge in [-0.05, 0) is 60.9 Å². The molecule has 9 nitrogen and oxygen atoms in total. The van der Waals surface area contributed by atoms with E-state index in [1.165, 1.54) is 36.1 Å². The van der Waals surface area contributed by atoms with Crippen LogP contribution in [0.3, 0.4) is 0 Å². The van der Waals surface area contributed by atoms with E-state index in [0.29, 0.717) is 49.2 Å². The molecule has 0 atom stereocenters. The number of carbonyl (C=O) groups excluding carboxylic acids is 2. The number of hydrogen-bond acceptors (Lipinski definition) is 5. The van der Waals surface area contributed by atoms with E-state index in [4.69, 9.17) is 4.74 Å². The molecule has 1 saturated heterocycles. The molecule has 1 N–H and O–H groups in total. The Morgan fingerprint density at radius 2 is 1.76 bits per heavy atom. The molecular weight excluding hydrogens is 542 g/mol. The molecule has 1 spiro atoms. The van der Waals surface area contributed by atoms with Crippen LogP contribution < -0.4 is 9.64 Å². The number of likely N-dealkylation sites (tertiary alicyclic amines) is 1. The number of H-pyrrole nitrogens is 1. The number of rotatable bonds is 4. The van der Waals surface area contributed by atoms with Crippen molar-refractivity contribution < 1.29 is 23.1 Å². The lowest BCUT2D eigenvalue weighted by Gasteiger charge is -2.40. The fraction of sp³-hybridized carbons (Fsp3) is 0.226. The lowest BCUT2D eigenvalue weighted by Crippen LogP contribution is -2.48. The van der Waals surface area contributed by atoms with Crippen molar-refractivity contribution in [2.24, 2.45) is 0 Å². The molecule has 212 valence electrons. The maximum absolute atomic E-state index is 14.6. The monoisotopic (exact) mass is 568 g/mol. The molecule has 42 heavy (non-hydrogen) atoms. The van der Waals surface area contributed by atoms with Crippen LogP contribution in [0.2, 0.25) is 0 Å². The summed E-state index contributed by atoms with van der Waals surface area (Å²) in [5.41, 5.74) is 2.95. The SMILES string of the molecule is COc1cc(C(=O)N2CC3(CCN(C(=O)c4cccc5[nH]cnc45)CC3)c3cc(F)ccc32)nn1-c1ccccc1F. The second-order valence-corrected chi connectivity index (χ2v) is 10.7. The van der Waals surface area contributed by atoms with Gasteiger partial charge in [0.2, 0.25) is 5.88 Å². The maximum atomic E-state index is 14.6. The van der Waals surface area contributed by atoms with Crippen molar-refractivity contribution in [2.75, 3.05) is 31.6 Å². The summed E-state index contributed by atoms with van der Waals surface area (Å²) in [6.45, 7) is 1.18. The van der Waals surface area contributed by atoms with Crippen molar-refractivity contribution in [3.63, 3.8) is 0 Å². The van der Waals surface area contributed by atoms with Crippen LogP contribution in [-0.4, -0.2) is 63.2 Å². The van der Waals surface area contributed by atoms with Gasteiger partial charge in [0.15, 0.2) is 5.69 Å². The molecule has 0 saturated carbocycles. The first-order chi connectivity index (χ1) is 20.4. The van der Waals surface area contributed by atoms with E-state index in [1.807, 2.05) is 12.1 Å². The minimum atomic E-state index is -0.541. The zero-order chi connectivity index (χ0) is 29.0. The molecule has 11 heteroatoms. The van der Waals surface area contributed by atoms with E-state index in [1.54, 1.807) is 46.5 Å². The van der Waals surface area contributed by atoms with E-state index >= 15 is 0 Å². The molecule has 2 aromatic heterocycles. The number of nitrogens with zero attached hydrogens (tertiary/aromatic N) is 5. The molecule has 4 heterocycles. The number of para-hydroxylation sites is 2. The van der Waals surface area contributed by atoms with Crippen LogP contribution in [0.4, 0.5) is 14.5 Å². The standard InChI is InChI=1S/C31H26F2N6O3/c1-42-27-16-24(36-39(27)26-8-3-2-6-22(26)33)30(41)38-17-31(21-15-19(32)9-10-25(21)38)11-13-37(14-12-31)29(40)20-5-4-7-23-28(20)35-18-34-23/h2-10,15-16,18H,11-14,17H2,1H3,(H,34,35). The van der Waals surface area contributed by atoms with Gasteiger partial charge in [0, 0.05) is 36.8 Å². The van der Waals surface area contributed by atoms with Gasteiger partial charge in [-0.3, -0.25) is 9.59 Å². The molecule has 0 radical (unpaired) electrons. The molecule has 2 aliphatic heterocycles. The lowest BCUT2D eigenvalue weighted by atomic mass is 9.74. The number of anilines is 1. The number of imidazole rings is 1. The molecule has 0 aliphatic carbocycles. The second-order valence-electron chi connectivity index (χ2n) is 10.7. The minimum absolute atomic E-state index is 0.0714. The number of nitrogens with one attached hydrogen (secondary N) is 1. The van der Waals surface area contributed by atoms with E-state index in [0.717, 1.165) is 11.1 Å². The van der Waals surface area contributed by atoms with Crippen LogP contribution in [0.15, 0.2) is 73.1 Å². The van der Waals surface area contributed by atoms with E-state index < -0.39 is 23.0 Å². The van der Waals surface area contributed by atoms with Crippen LogP contribution in [0.25, 0.3) is 16.7 Å². The van der Waals surface area contributed by atoms with Gasteiger partial charge in [-0.25, -0.2) is 13.8 Å². The molecule has 0 unspecified atom stereocenters. The summed E-state index contributed by atoms with van der Waals surface area (Å²) in [4.78, 5) is 38.1. The molecule has 2 amide bonds. The van der Waals surface area contributed by atoms with Gasteiger partial charge < -0.3 is 19.5 Å². The molecule has 5 aromatic rings. The first-order valence-electron chi connectivity index (χ1n) is 13.6. The Hall–Kier alpha value is -5.06. The Morgan fingerprint density at radius 1 is 0.952 bits per heavy atom. The number of ether oxygens (including phenoxy) is 1. The first kappa shape index (κ1) is 25.9. The van der Waals surface area contributed by atoms with E-state index in [2.05, 4.69) is 15.1 Å². The van der Waals surface area contributed by atoms with E-state index in [-0.39, 0.29) is 23.2 Å². The summed E-state index contributed by atoms with van der Waals surface area (Å²) in [6.07, 6.45) is 2.66. The van der Waals surface area contributed by atoms with Gasteiger partial charge in [0.1, 0.15) is 22.8 Å². The van der Waals surface area contributed by atoms with Crippen molar-refractivity contribution >= 4 is 28.5 Å². The molecule has 2 aliphatic rings. The molecule has 0 bridgehead atoms. The van der Waals surface area contributed by atoms with Gasteiger partial charge in [0.05, 0.1) is 24.5 Å². The minimum Gasteiger partial charge on any atom is -0.481 e. The van der Waals surface area contributed by atoms with Gasteiger partial charge in [-0.1, -0.05) is 18.2 Å². The van der Waals surface area contributed by atoms with Gasteiger partial charge in [-0.2, -0.15) is 9.78 Å². The number of aromatic nitrogens is 4. The van der Waals surface area contributed by atoms with Crippen LogP contribution >= 0.6 is 0 Å². The molecular formula is C31H26F2N6O3. The number of benzene rings is 3. The van der Waals surface area contributed by atoms with Crippen molar-refractivity contribution in [1.82, 2.24) is 24.6 Å². The highest BCUT2D eigenvalue weighted by molar-refractivity contribution is 6.07. The Kier molecular flexibility index (Phi) is 6.03. The van der Waals surface area contributed by atoms with Gasteiger partial charge >= 0.3 is 0 Å². The van der Waals surface area contributed by atoms with E-state index in [9.17, 15) is 18.4 Å². The highest BCUT2D eigenvalue weighted by Gasteiger charge is 2.47. The molecule has 1 fully saturated rings. The van der Waals surface area contributed by atoms with Gasteiger partial charge in [-0.15, -0.1) is 0 Å². The average molecular weight is 569 g/mol. The number of carbonyl (C=O) groups is 2. The maximum Gasteiger partial charge on any atom is 0.278 e. The quantitative estimate of drug-likeness (QED) is 0.334. The number of methoxy groups -OCH3 is 1. The molecule has 3 aromatic carbocycles. The Labute approximate surface area is 239 Å². The Bertz CT molecular complexity index is 1860. The van der Waals surface area contributed by atoms with Crippen LogP contribution in [0.5, 0.6) is 5.88 Å². The second kappa shape index (κ2) is 9.79. The van der Waals surface area contributed by atoms with Gasteiger partial charge in [0.25, 0.3) is 11.8 Å². The summed E-state index contributed by atoms with van der Waals surface area (Å²) in [6, 6.07) is 17.4. The zero-order valence-corrected chi connectivity index (χ0v) is 22.7. The predicted molar refractivity (Wildman–Crippen MR) is 151 cm³/mol. The third-order valence-electron chi connectivity index (χ3n) is 8.40. The highest BCUT2D eigenvalue weighted by Crippen LogP contribution is 2.48. The number of fused-ring (bicyclic) bond motifs is 3. The fourth-order valence-corrected chi connectivity index (χ4v) is 6.24. The van der Waals surface area contributed by atoms with Crippen molar-refractivity contribution in [1.29, 1.82) is 0 Å². The zero-order valence-electron chi connectivity index (χ0n) is 22.7. The number of halogens is 2. The smallest absolute Gasteiger partial charge is 0.278 e. The lowest BCUT2D eigenvalue weighted by molar-refractivity contribution is 0.0672. The Balaban J connectivity index is 1.18. The summed E-state index contributed by atoms with van der Waals surface area (Å²) >= 11 is 0. The first-order valence-corrected chi connectivity index (χ1v) is 13.6. The third kappa shape index (κ3) is 4.03. The summed E-state index contributed by atoms with van der Waals surface area (Å²) < 4.78 is 35.8. The summed E-state index contributed by atoms with van der Waals surface area (Å²) in [5.74, 6) is -1.22. The van der Waals surface area contributed by atoms with Crippen molar-refractivity contribution in [2.45, 2.75) is 18.3 Å². The van der Waals surface area contributed by atoms with Crippen LogP contribution in [0.1, 0.15) is 39.3 Å². The normalized spacial score (nSPS) is 15.8. The summed E-state index contributed by atoms with van der Waals surface area (Å²) in [7, 11) is 1.42. The number of piperidine rings is 1. The number of hydrogen-bond donors (Lipinski definition) is 1.